The zero-order valence-corrected chi connectivity index (χ0v) is 23.7. The number of thiophene rings is 1. The van der Waals surface area contributed by atoms with E-state index >= 15 is 0 Å². The Balaban J connectivity index is 1.39. The molecule has 0 saturated carbocycles. The van der Waals surface area contributed by atoms with Gasteiger partial charge in [0.15, 0.2) is 0 Å². The molecule has 6 aromatic rings. The fourth-order valence-corrected chi connectivity index (χ4v) is 6.23. The second kappa shape index (κ2) is 11.7. The van der Waals surface area contributed by atoms with E-state index in [1.54, 1.807) is 19.5 Å². The number of methoxy groups -OCH3 is 1. The number of primary amides is 1. The predicted octanol–water partition coefficient (Wildman–Crippen LogP) is 6.59. The van der Waals surface area contributed by atoms with Crippen molar-refractivity contribution >= 4 is 34.1 Å². The number of pyridine rings is 1. The number of nitrogens with one attached hydrogen (secondary N) is 2. The third kappa shape index (κ3) is 5.40. The summed E-state index contributed by atoms with van der Waals surface area (Å²) in [7, 11) is 1.59. The van der Waals surface area contributed by atoms with Gasteiger partial charge in [0.25, 0.3) is 5.91 Å². The lowest BCUT2D eigenvalue weighted by molar-refractivity contribution is -0.120. The van der Waals surface area contributed by atoms with E-state index in [2.05, 4.69) is 15.3 Å². The van der Waals surface area contributed by atoms with Crippen LogP contribution in [0.5, 0.6) is 5.75 Å². The number of hydrogen-bond donors (Lipinski definition) is 3. The van der Waals surface area contributed by atoms with Crippen molar-refractivity contribution in [3.63, 3.8) is 0 Å². The molecule has 0 bridgehead atoms. The normalized spacial score (nSPS) is 11.0. The molecule has 0 saturated heterocycles. The number of carbonyl (C=O) groups excluding carboxylic acids is 2. The second-order valence-electron chi connectivity index (χ2n) is 9.83. The minimum Gasteiger partial charge on any atom is -0.496 e. The highest BCUT2D eigenvalue weighted by Crippen LogP contribution is 2.44. The van der Waals surface area contributed by atoms with Gasteiger partial charge in [0, 0.05) is 50.6 Å². The summed E-state index contributed by atoms with van der Waals surface area (Å²) in [4.78, 5) is 34.8. The van der Waals surface area contributed by atoms with Gasteiger partial charge in [-0.15, -0.1) is 11.3 Å². The van der Waals surface area contributed by atoms with Crippen molar-refractivity contribution in [1.29, 1.82) is 0 Å². The fourth-order valence-electron chi connectivity index (χ4n) is 5.20. The lowest BCUT2D eigenvalue weighted by atomic mass is 9.91. The lowest BCUT2D eigenvalue weighted by Gasteiger charge is -2.18. The second-order valence-corrected chi connectivity index (χ2v) is 10.9. The quantitative estimate of drug-likeness (QED) is 0.181. The van der Waals surface area contributed by atoms with Crippen LogP contribution in [0, 0.1) is 0 Å². The highest BCUT2D eigenvalue weighted by atomic mass is 32.1. The summed E-state index contributed by atoms with van der Waals surface area (Å²) < 4.78 is 6.01. The van der Waals surface area contributed by atoms with Crippen LogP contribution in [-0.2, 0) is 17.8 Å². The number of rotatable bonds is 9. The van der Waals surface area contributed by atoms with Gasteiger partial charge in [-0.1, -0.05) is 66.7 Å². The molecule has 0 fully saturated rings. The minimum absolute atomic E-state index is 0.0740. The molecular formula is C34H28N4O3S. The van der Waals surface area contributed by atoms with Crippen molar-refractivity contribution < 1.29 is 14.3 Å². The van der Waals surface area contributed by atoms with E-state index < -0.39 is 5.91 Å². The number of nitrogens with two attached hydrogens (primary N) is 1. The molecule has 208 valence electrons. The maximum absolute atomic E-state index is 13.4. The number of amides is 2. The highest BCUT2D eigenvalue weighted by molar-refractivity contribution is 7.18. The van der Waals surface area contributed by atoms with Crippen molar-refractivity contribution in [2.75, 3.05) is 7.11 Å². The van der Waals surface area contributed by atoms with Crippen LogP contribution < -0.4 is 15.8 Å². The smallest absolute Gasteiger partial charge is 0.259 e. The molecule has 0 atom stereocenters. The molecule has 7 nitrogen and oxygen atoms in total. The van der Waals surface area contributed by atoms with Gasteiger partial charge in [0.05, 0.1) is 20.1 Å². The summed E-state index contributed by atoms with van der Waals surface area (Å²) in [6, 6.07) is 29.5. The van der Waals surface area contributed by atoms with E-state index in [-0.39, 0.29) is 12.3 Å². The van der Waals surface area contributed by atoms with Crippen molar-refractivity contribution in [3.05, 3.63) is 120 Å². The van der Waals surface area contributed by atoms with Crippen LogP contribution in [0.1, 0.15) is 20.9 Å². The lowest BCUT2D eigenvalue weighted by Crippen LogP contribution is -2.25. The van der Waals surface area contributed by atoms with Crippen LogP contribution in [0.15, 0.2) is 103 Å². The molecule has 8 heteroatoms. The Morgan fingerprint density at radius 2 is 1.62 bits per heavy atom. The maximum atomic E-state index is 13.4. The third-order valence-corrected chi connectivity index (χ3v) is 8.34. The number of ether oxygens (including phenoxy) is 1. The fraction of sp³-hybridized carbons (Fsp3) is 0.0882. The van der Waals surface area contributed by atoms with Gasteiger partial charge in [-0.3, -0.25) is 14.6 Å². The molecule has 42 heavy (non-hydrogen) atoms. The van der Waals surface area contributed by atoms with E-state index in [1.807, 2.05) is 91.0 Å². The highest BCUT2D eigenvalue weighted by Gasteiger charge is 2.24. The molecule has 4 N–H and O–H groups in total. The van der Waals surface area contributed by atoms with E-state index in [4.69, 9.17) is 10.5 Å². The molecule has 0 aliphatic carbocycles. The van der Waals surface area contributed by atoms with E-state index in [9.17, 15) is 9.59 Å². The average molecular weight is 573 g/mol. The summed E-state index contributed by atoms with van der Waals surface area (Å²) in [5.41, 5.74) is 12.6. The Hall–Kier alpha value is -5.21. The molecule has 0 aliphatic rings. The first kappa shape index (κ1) is 27.0. The number of fused-ring (bicyclic) bond motifs is 1. The molecule has 2 amide bonds. The zero-order valence-electron chi connectivity index (χ0n) is 22.9. The Morgan fingerprint density at radius 3 is 2.31 bits per heavy atom. The van der Waals surface area contributed by atoms with Crippen molar-refractivity contribution in [2.45, 2.75) is 13.0 Å². The van der Waals surface area contributed by atoms with Crippen LogP contribution in [0.25, 0.3) is 43.6 Å². The zero-order chi connectivity index (χ0) is 29.1. The summed E-state index contributed by atoms with van der Waals surface area (Å²) >= 11 is 1.35. The summed E-state index contributed by atoms with van der Waals surface area (Å²) in [5, 5.41) is 4.02. The van der Waals surface area contributed by atoms with Gasteiger partial charge in [0.1, 0.15) is 10.6 Å². The molecule has 3 aromatic heterocycles. The van der Waals surface area contributed by atoms with Crippen LogP contribution in [0.2, 0.25) is 0 Å². The van der Waals surface area contributed by atoms with Crippen LogP contribution in [-0.4, -0.2) is 28.9 Å². The van der Waals surface area contributed by atoms with Crippen molar-refractivity contribution in [3.8, 4) is 38.4 Å². The van der Waals surface area contributed by atoms with Gasteiger partial charge in [-0.05, 0) is 41.0 Å². The molecule has 3 aromatic carbocycles. The maximum Gasteiger partial charge on any atom is 0.259 e. The largest absolute Gasteiger partial charge is 0.496 e. The Kier molecular flexibility index (Phi) is 7.53. The molecule has 0 radical (unpaired) electrons. The van der Waals surface area contributed by atoms with Crippen molar-refractivity contribution in [1.82, 2.24) is 15.3 Å². The summed E-state index contributed by atoms with van der Waals surface area (Å²) in [6.07, 6.45) is 3.59. The number of H-pyrrole nitrogens is 1. The van der Waals surface area contributed by atoms with E-state index in [1.165, 1.54) is 11.3 Å². The number of nitrogens with zero attached hydrogens (tertiary/aromatic N) is 1. The number of carbonyl (C=O) groups is 2. The van der Waals surface area contributed by atoms with Gasteiger partial charge in [-0.2, -0.15) is 0 Å². The van der Waals surface area contributed by atoms with Gasteiger partial charge in [0.2, 0.25) is 5.91 Å². The van der Waals surface area contributed by atoms with Crippen LogP contribution >= 0.6 is 11.3 Å². The number of aromatic amines is 1. The topological polar surface area (TPSA) is 110 Å². The number of aromatic nitrogens is 2. The SMILES string of the molecule is COc1c(-c2cc(-c3ccccc3)sc2C(N)=O)ccc(-c2ccccc2)c1CC(=O)NCc1cc2cnccc2[nH]1. The number of hydrogen-bond acceptors (Lipinski definition) is 5. The minimum atomic E-state index is -0.515. The van der Waals surface area contributed by atoms with E-state index in [0.717, 1.165) is 43.7 Å². The molecule has 0 unspecified atom stereocenters. The predicted molar refractivity (Wildman–Crippen MR) is 167 cm³/mol. The summed E-state index contributed by atoms with van der Waals surface area (Å²) in [5.74, 6) is -0.146. The first-order valence-corrected chi connectivity index (χ1v) is 14.3. The monoisotopic (exact) mass is 572 g/mol. The first-order chi connectivity index (χ1) is 20.5. The molecule has 0 aliphatic heterocycles. The number of benzene rings is 3. The van der Waals surface area contributed by atoms with Crippen LogP contribution in [0.3, 0.4) is 0 Å². The Morgan fingerprint density at radius 1 is 0.905 bits per heavy atom. The van der Waals surface area contributed by atoms with E-state index in [0.29, 0.717) is 28.3 Å². The third-order valence-electron chi connectivity index (χ3n) is 7.14. The molecule has 3 heterocycles. The van der Waals surface area contributed by atoms with Gasteiger partial charge in [-0.25, -0.2) is 0 Å². The molecule has 0 spiro atoms. The van der Waals surface area contributed by atoms with Crippen LogP contribution in [0.4, 0.5) is 0 Å². The Labute approximate surface area is 247 Å². The standard InChI is InChI=1S/C34H28N4O3S/c1-41-32-26(28-17-30(42-33(28)34(35)40)22-10-6-3-7-11-22)13-12-25(21-8-4-2-5-9-21)27(32)18-31(39)37-20-24-16-23-19-36-15-14-29(23)38-24/h2-17,19,38H,18,20H2,1H3,(H2,35,40)(H,37,39). The average Bonchev–Trinajstić information content (AvgIpc) is 3.66. The van der Waals surface area contributed by atoms with Gasteiger partial charge >= 0.3 is 0 Å². The van der Waals surface area contributed by atoms with Crippen molar-refractivity contribution in [2.24, 2.45) is 5.73 Å². The molecular weight excluding hydrogens is 544 g/mol. The Bertz CT molecular complexity index is 1860. The van der Waals surface area contributed by atoms with Gasteiger partial charge < -0.3 is 20.8 Å². The molecule has 6 rings (SSSR count). The summed E-state index contributed by atoms with van der Waals surface area (Å²) in [6.45, 7) is 0.340. The first-order valence-electron chi connectivity index (χ1n) is 13.4.